The SMILES string of the molecule is CC(OC(=O)c1cc2ccccc2s1)C(=O)Nc1cccc(S(N)(=O)=O)c1. The van der Waals surface area contributed by atoms with Crippen LogP contribution in [0, 0.1) is 0 Å². The Morgan fingerprint density at radius 3 is 2.56 bits per heavy atom. The Bertz CT molecular complexity index is 1090. The molecule has 0 aliphatic heterocycles. The van der Waals surface area contributed by atoms with Gasteiger partial charge in [0.15, 0.2) is 6.10 Å². The van der Waals surface area contributed by atoms with E-state index in [0.29, 0.717) is 4.88 Å². The van der Waals surface area contributed by atoms with Crippen LogP contribution < -0.4 is 10.5 Å². The van der Waals surface area contributed by atoms with Crippen LogP contribution in [-0.2, 0) is 19.6 Å². The summed E-state index contributed by atoms with van der Waals surface area (Å²) in [6.45, 7) is 1.43. The molecule has 0 saturated carbocycles. The zero-order valence-electron chi connectivity index (χ0n) is 14.2. The molecule has 3 aromatic rings. The van der Waals surface area contributed by atoms with Crippen molar-refractivity contribution in [2.24, 2.45) is 5.14 Å². The first kappa shape index (κ1) is 19.0. The predicted molar refractivity (Wildman–Crippen MR) is 103 cm³/mol. The van der Waals surface area contributed by atoms with Gasteiger partial charge < -0.3 is 10.1 Å². The zero-order chi connectivity index (χ0) is 19.6. The largest absolute Gasteiger partial charge is 0.448 e. The number of primary sulfonamides is 1. The second kappa shape index (κ2) is 7.47. The Hall–Kier alpha value is -2.75. The molecule has 0 radical (unpaired) electrons. The van der Waals surface area contributed by atoms with E-state index >= 15 is 0 Å². The van der Waals surface area contributed by atoms with E-state index in [0.717, 1.165) is 10.1 Å². The fourth-order valence-electron chi connectivity index (χ4n) is 2.35. The van der Waals surface area contributed by atoms with Crippen LogP contribution in [0.15, 0.2) is 59.5 Å². The molecular formula is C18H16N2O5S2. The number of anilines is 1. The van der Waals surface area contributed by atoms with Crippen molar-refractivity contribution in [1.82, 2.24) is 0 Å². The molecule has 0 aliphatic carbocycles. The van der Waals surface area contributed by atoms with Crippen molar-refractivity contribution in [3.63, 3.8) is 0 Å². The molecule has 7 nitrogen and oxygen atoms in total. The molecule has 0 saturated heterocycles. The van der Waals surface area contributed by atoms with E-state index in [-0.39, 0.29) is 10.6 Å². The van der Waals surface area contributed by atoms with E-state index in [1.807, 2.05) is 24.3 Å². The second-order valence-corrected chi connectivity index (χ2v) is 8.40. The van der Waals surface area contributed by atoms with Gasteiger partial charge in [-0.15, -0.1) is 11.3 Å². The fourth-order valence-corrected chi connectivity index (χ4v) is 3.85. The number of sulfonamides is 1. The summed E-state index contributed by atoms with van der Waals surface area (Å²) in [5.41, 5.74) is 0.233. The molecular weight excluding hydrogens is 388 g/mol. The lowest BCUT2D eigenvalue weighted by atomic mass is 10.2. The summed E-state index contributed by atoms with van der Waals surface area (Å²) in [5, 5.41) is 8.50. The van der Waals surface area contributed by atoms with Gasteiger partial charge in [0.05, 0.1) is 4.90 Å². The molecule has 1 heterocycles. The zero-order valence-corrected chi connectivity index (χ0v) is 15.8. The van der Waals surface area contributed by atoms with Gasteiger partial charge in [-0.1, -0.05) is 24.3 Å². The summed E-state index contributed by atoms with van der Waals surface area (Å²) in [5.74, 6) is -1.19. The number of benzene rings is 2. The third-order valence-corrected chi connectivity index (χ3v) is 5.72. The summed E-state index contributed by atoms with van der Waals surface area (Å²) in [6.07, 6.45) is -1.07. The second-order valence-electron chi connectivity index (χ2n) is 5.76. The summed E-state index contributed by atoms with van der Waals surface area (Å²) < 4.78 is 28.9. The Labute approximate surface area is 159 Å². The van der Waals surface area contributed by atoms with Gasteiger partial charge in [-0.3, -0.25) is 4.79 Å². The number of amides is 1. The molecule has 1 aromatic heterocycles. The highest BCUT2D eigenvalue weighted by molar-refractivity contribution is 7.89. The Kier molecular flexibility index (Phi) is 5.26. The molecule has 3 N–H and O–H groups in total. The lowest BCUT2D eigenvalue weighted by molar-refractivity contribution is -0.123. The van der Waals surface area contributed by atoms with Gasteiger partial charge >= 0.3 is 5.97 Å². The number of rotatable bonds is 5. The smallest absolute Gasteiger partial charge is 0.349 e. The van der Waals surface area contributed by atoms with E-state index < -0.39 is 28.0 Å². The molecule has 3 rings (SSSR count). The number of nitrogens with two attached hydrogens (primary N) is 1. The molecule has 1 unspecified atom stereocenters. The van der Waals surface area contributed by atoms with Gasteiger partial charge in [-0.25, -0.2) is 18.4 Å². The first-order valence-corrected chi connectivity index (χ1v) is 10.2. The highest BCUT2D eigenvalue weighted by Gasteiger charge is 2.21. The molecule has 0 bridgehead atoms. The maximum absolute atomic E-state index is 12.3. The molecule has 140 valence electrons. The summed E-state index contributed by atoms with van der Waals surface area (Å²) in [6, 6.07) is 14.7. The summed E-state index contributed by atoms with van der Waals surface area (Å²) >= 11 is 1.28. The maximum Gasteiger partial charge on any atom is 0.349 e. The first-order chi connectivity index (χ1) is 12.7. The molecule has 2 aromatic carbocycles. The van der Waals surface area contributed by atoms with Crippen molar-refractivity contribution in [3.05, 3.63) is 59.5 Å². The molecule has 1 amide bonds. The van der Waals surface area contributed by atoms with E-state index in [9.17, 15) is 18.0 Å². The number of hydrogen-bond donors (Lipinski definition) is 2. The number of thiophene rings is 1. The van der Waals surface area contributed by atoms with Crippen LogP contribution >= 0.6 is 11.3 Å². The first-order valence-electron chi connectivity index (χ1n) is 7.87. The monoisotopic (exact) mass is 404 g/mol. The highest BCUT2D eigenvalue weighted by atomic mass is 32.2. The topological polar surface area (TPSA) is 116 Å². The minimum Gasteiger partial charge on any atom is -0.448 e. The number of ether oxygens (including phenoxy) is 1. The van der Waals surface area contributed by atoms with E-state index in [1.165, 1.54) is 42.5 Å². The number of esters is 1. The maximum atomic E-state index is 12.3. The quantitative estimate of drug-likeness (QED) is 0.635. The third-order valence-electron chi connectivity index (χ3n) is 3.71. The minimum absolute atomic E-state index is 0.129. The van der Waals surface area contributed by atoms with Crippen LogP contribution in [0.5, 0.6) is 0 Å². The van der Waals surface area contributed by atoms with Crippen LogP contribution in [-0.4, -0.2) is 26.4 Å². The van der Waals surface area contributed by atoms with Gasteiger partial charge in [-0.05, 0) is 42.6 Å². The number of hydrogen-bond acceptors (Lipinski definition) is 6. The lowest BCUT2D eigenvalue weighted by Crippen LogP contribution is -2.29. The normalized spacial score (nSPS) is 12.5. The van der Waals surface area contributed by atoms with Gasteiger partial charge in [0.25, 0.3) is 5.91 Å². The van der Waals surface area contributed by atoms with Gasteiger partial charge in [0, 0.05) is 10.4 Å². The van der Waals surface area contributed by atoms with E-state index in [4.69, 9.17) is 9.88 Å². The Morgan fingerprint density at radius 2 is 1.85 bits per heavy atom. The van der Waals surface area contributed by atoms with Gasteiger partial charge in [-0.2, -0.15) is 0 Å². The van der Waals surface area contributed by atoms with Crippen LogP contribution in [0.4, 0.5) is 5.69 Å². The fraction of sp³-hybridized carbons (Fsp3) is 0.111. The van der Waals surface area contributed by atoms with Crippen LogP contribution in [0.3, 0.4) is 0 Å². The van der Waals surface area contributed by atoms with Crippen molar-refractivity contribution in [3.8, 4) is 0 Å². The number of fused-ring (bicyclic) bond motifs is 1. The van der Waals surface area contributed by atoms with Gasteiger partial charge in [0.1, 0.15) is 4.88 Å². The lowest BCUT2D eigenvalue weighted by Gasteiger charge is -2.13. The van der Waals surface area contributed by atoms with E-state index in [2.05, 4.69) is 5.32 Å². The average molecular weight is 404 g/mol. The molecule has 9 heteroatoms. The molecule has 1 atom stereocenters. The standard InChI is InChI=1S/C18H16N2O5S2/c1-11(17(21)20-13-6-4-7-14(10-13)27(19,23)24)25-18(22)16-9-12-5-2-3-8-15(12)26-16/h2-11H,1H3,(H,20,21)(H2,19,23,24). The van der Waals surface area contributed by atoms with Crippen molar-refractivity contribution in [2.75, 3.05) is 5.32 Å². The van der Waals surface area contributed by atoms with Crippen molar-refractivity contribution >= 4 is 49.0 Å². The predicted octanol–water partition coefficient (Wildman–Crippen LogP) is 2.73. The van der Waals surface area contributed by atoms with Crippen LogP contribution in [0.2, 0.25) is 0 Å². The van der Waals surface area contributed by atoms with Crippen molar-refractivity contribution in [1.29, 1.82) is 0 Å². The van der Waals surface area contributed by atoms with Crippen LogP contribution in [0.25, 0.3) is 10.1 Å². The highest BCUT2D eigenvalue weighted by Crippen LogP contribution is 2.26. The summed E-state index contributed by atoms with van der Waals surface area (Å²) in [7, 11) is -3.88. The van der Waals surface area contributed by atoms with E-state index in [1.54, 1.807) is 6.07 Å². The molecule has 0 fully saturated rings. The Morgan fingerprint density at radius 1 is 1.11 bits per heavy atom. The molecule has 27 heavy (non-hydrogen) atoms. The molecule has 0 spiro atoms. The minimum atomic E-state index is -3.88. The van der Waals surface area contributed by atoms with Crippen LogP contribution in [0.1, 0.15) is 16.6 Å². The number of carbonyl (C=O) groups excluding carboxylic acids is 2. The van der Waals surface area contributed by atoms with Crippen molar-refractivity contribution in [2.45, 2.75) is 17.9 Å². The number of carbonyl (C=O) groups is 2. The Balaban J connectivity index is 1.68. The average Bonchev–Trinajstić information content (AvgIpc) is 3.05. The van der Waals surface area contributed by atoms with Crippen molar-refractivity contribution < 1.29 is 22.7 Å². The number of nitrogens with one attached hydrogen (secondary N) is 1. The summed E-state index contributed by atoms with van der Waals surface area (Å²) in [4.78, 5) is 24.8. The third kappa shape index (κ3) is 4.51. The van der Waals surface area contributed by atoms with Gasteiger partial charge in [0.2, 0.25) is 10.0 Å². The molecule has 0 aliphatic rings.